The monoisotopic (exact) mass is 281 g/mol. The summed E-state index contributed by atoms with van der Waals surface area (Å²) in [6.07, 6.45) is 0. The Balaban J connectivity index is 2.00. The summed E-state index contributed by atoms with van der Waals surface area (Å²) in [5.41, 5.74) is 11.1. The molecular weight excluding hydrogens is 262 g/mol. The first kappa shape index (κ1) is 13.6. The molecule has 21 heavy (non-hydrogen) atoms. The highest BCUT2D eigenvalue weighted by atomic mass is 16.2. The number of anilines is 3. The highest BCUT2D eigenvalue weighted by molar-refractivity contribution is 6.04. The lowest BCUT2D eigenvalue weighted by atomic mass is 10.1. The fourth-order valence-electron chi connectivity index (χ4n) is 2.74. The second-order valence-corrected chi connectivity index (χ2v) is 5.52. The molecule has 0 aliphatic carbocycles. The molecule has 2 aromatic carbocycles. The first-order valence-electron chi connectivity index (χ1n) is 6.96. The SMILES string of the molecule is Cc1cccc(N(C)c2ccc3c(c2)N(C)C(=O)C3N)c1. The van der Waals surface area contributed by atoms with E-state index in [1.165, 1.54) is 5.56 Å². The average Bonchev–Trinajstić information content (AvgIpc) is 2.71. The van der Waals surface area contributed by atoms with Crippen molar-refractivity contribution in [2.75, 3.05) is 23.9 Å². The molecule has 4 nitrogen and oxygen atoms in total. The van der Waals surface area contributed by atoms with Crippen LogP contribution in [0, 0.1) is 6.92 Å². The topological polar surface area (TPSA) is 49.6 Å². The minimum Gasteiger partial charge on any atom is -0.345 e. The van der Waals surface area contributed by atoms with Crippen LogP contribution >= 0.6 is 0 Å². The van der Waals surface area contributed by atoms with Crippen LogP contribution in [-0.4, -0.2) is 20.0 Å². The number of amides is 1. The standard InChI is InChI=1S/C17H19N3O/c1-11-5-4-6-12(9-11)19(2)13-7-8-14-15(10-13)20(3)17(21)16(14)18/h4-10,16H,18H2,1-3H3. The summed E-state index contributed by atoms with van der Waals surface area (Å²) in [6.45, 7) is 2.07. The minimum atomic E-state index is -0.539. The predicted molar refractivity (Wildman–Crippen MR) is 86.0 cm³/mol. The Morgan fingerprint density at radius 3 is 2.57 bits per heavy atom. The zero-order valence-corrected chi connectivity index (χ0v) is 12.5. The molecule has 0 saturated heterocycles. The van der Waals surface area contributed by atoms with Crippen molar-refractivity contribution in [3.8, 4) is 0 Å². The number of fused-ring (bicyclic) bond motifs is 1. The number of aryl methyl sites for hydroxylation is 1. The molecule has 0 saturated carbocycles. The van der Waals surface area contributed by atoms with Crippen LogP contribution in [0.1, 0.15) is 17.2 Å². The van der Waals surface area contributed by atoms with Gasteiger partial charge in [0.15, 0.2) is 0 Å². The van der Waals surface area contributed by atoms with Gasteiger partial charge in [0.05, 0.1) is 5.69 Å². The van der Waals surface area contributed by atoms with E-state index in [1.807, 2.05) is 31.3 Å². The van der Waals surface area contributed by atoms with E-state index in [-0.39, 0.29) is 5.91 Å². The molecule has 1 aliphatic heterocycles. The fourth-order valence-corrected chi connectivity index (χ4v) is 2.74. The van der Waals surface area contributed by atoms with E-state index in [0.717, 1.165) is 22.6 Å². The van der Waals surface area contributed by atoms with Crippen molar-refractivity contribution in [3.05, 3.63) is 53.6 Å². The van der Waals surface area contributed by atoms with Crippen molar-refractivity contribution in [1.82, 2.24) is 0 Å². The summed E-state index contributed by atoms with van der Waals surface area (Å²) in [6, 6.07) is 13.8. The maximum absolute atomic E-state index is 11.9. The van der Waals surface area contributed by atoms with Crippen LogP contribution in [0.25, 0.3) is 0 Å². The molecule has 1 atom stereocenters. The van der Waals surface area contributed by atoms with Crippen LogP contribution in [0.4, 0.5) is 17.1 Å². The van der Waals surface area contributed by atoms with Gasteiger partial charge in [-0.1, -0.05) is 18.2 Å². The molecule has 2 N–H and O–H groups in total. The molecule has 1 aliphatic rings. The van der Waals surface area contributed by atoms with Crippen LogP contribution in [-0.2, 0) is 4.79 Å². The highest BCUT2D eigenvalue weighted by Crippen LogP contribution is 2.37. The molecule has 1 heterocycles. The summed E-state index contributed by atoms with van der Waals surface area (Å²) in [7, 11) is 3.79. The highest BCUT2D eigenvalue weighted by Gasteiger charge is 2.32. The maximum atomic E-state index is 11.9. The molecule has 0 spiro atoms. The fraction of sp³-hybridized carbons (Fsp3) is 0.235. The Morgan fingerprint density at radius 2 is 1.86 bits per heavy atom. The quantitative estimate of drug-likeness (QED) is 0.921. The number of hydrogen-bond donors (Lipinski definition) is 1. The van der Waals surface area contributed by atoms with Crippen LogP contribution in [0.5, 0.6) is 0 Å². The summed E-state index contributed by atoms with van der Waals surface area (Å²) in [4.78, 5) is 15.7. The summed E-state index contributed by atoms with van der Waals surface area (Å²) >= 11 is 0. The van der Waals surface area contributed by atoms with Gasteiger partial charge in [0.25, 0.3) is 0 Å². The van der Waals surface area contributed by atoms with Gasteiger partial charge in [0, 0.05) is 31.0 Å². The van der Waals surface area contributed by atoms with Crippen molar-refractivity contribution < 1.29 is 4.79 Å². The molecule has 0 fully saturated rings. The number of nitrogens with zero attached hydrogens (tertiary/aromatic N) is 2. The van der Waals surface area contributed by atoms with Gasteiger partial charge in [-0.3, -0.25) is 4.79 Å². The van der Waals surface area contributed by atoms with E-state index in [9.17, 15) is 4.79 Å². The largest absolute Gasteiger partial charge is 0.345 e. The van der Waals surface area contributed by atoms with E-state index < -0.39 is 6.04 Å². The van der Waals surface area contributed by atoms with Gasteiger partial charge in [-0.2, -0.15) is 0 Å². The summed E-state index contributed by atoms with van der Waals surface area (Å²) < 4.78 is 0. The Bertz CT molecular complexity index is 711. The number of benzene rings is 2. The molecule has 1 amide bonds. The van der Waals surface area contributed by atoms with E-state index >= 15 is 0 Å². The molecule has 1 unspecified atom stereocenters. The lowest BCUT2D eigenvalue weighted by molar-refractivity contribution is -0.118. The van der Waals surface area contributed by atoms with Crippen molar-refractivity contribution in [2.24, 2.45) is 5.73 Å². The molecule has 0 radical (unpaired) electrons. The zero-order chi connectivity index (χ0) is 15.1. The van der Waals surface area contributed by atoms with Gasteiger partial charge in [-0.05, 0) is 36.8 Å². The van der Waals surface area contributed by atoms with Crippen molar-refractivity contribution in [1.29, 1.82) is 0 Å². The number of likely N-dealkylation sites (N-methyl/N-ethyl adjacent to an activating group) is 1. The average molecular weight is 281 g/mol. The molecule has 2 aromatic rings. The number of carbonyl (C=O) groups excluding carboxylic acids is 1. The van der Waals surface area contributed by atoms with Crippen molar-refractivity contribution in [2.45, 2.75) is 13.0 Å². The Labute approximate surface area is 124 Å². The van der Waals surface area contributed by atoms with Gasteiger partial charge < -0.3 is 15.5 Å². The number of carbonyl (C=O) groups is 1. The zero-order valence-electron chi connectivity index (χ0n) is 12.5. The van der Waals surface area contributed by atoms with Gasteiger partial charge in [-0.15, -0.1) is 0 Å². The first-order chi connectivity index (χ1) is 9.99. The van der Waals surface area contributed by atoms with Gasteiger partial charge >= 0.3 is 0 Å². The Morgan fingerprint density at radius 1 is 1.14 bits per heavy atom. The van der Waals surface area contributed by atoms with Gasteiger partial charge in [0.1, 0.15) is 6.04 Å². The van der Waals surface area contributed by atoms with E-state index in [2.05, 4.69) is 30.0 Å². The number of nitrogens with two attached hydrogens (primary N) is 1. The molecule has 0 bridgehead atoms. The minimum absolute atomic E-state index is 0.0552. The predicted octanol–water partition coefficient (Wildman–Crippen LogP) is 2.74. The third-order valence-corrected chi connectivity index (χ3v) is 4.08. The third kappa shape index (κ3) is 2.17. The van der Waals surface area contributed by atoms with Gasteiger partial charge in [0.2, 0.25) is 5.91 Å². The molecule has 0 aromatic heterocycles. The lowest BCUT2D eigenvalue weighted by Crippen LogP contribution is -2.27. The van der Waals surface area contributed by atoms with Crippen LogP contribution < -0.4 is 15.5 Å². The van der Waals surface area contributed by atoms with E-state index in [4.69, 9.17) is 5.73 Å². The van der Waals surface area contributed by atoms with Crippen LogP contribution in [0.3, 0.4) is 0 Å². The van der Waals surface area contributed by atoms with E-state index in [0.29, 0.717) is 0 Å². The summed E-state index contributed by atoms with van der Waals surface area (Å²) in [5.74, 6) is -0.0552. The normalized spacial score (nSPS) is 17.0. The maximum Gasteiger partial charge on any atom is 0.248 e. The Kier molecular flexibility index (Phi) is 3.18. The molecular formula is C17H19N3O. The smallest absolute Gasteiger partial charge is 0.248 e. The first-order valence-corrected chi connectivity index (χ1v) is 6.96. The lowest BCUT2D eigenvalue weighted by Gasteiger charge is -2.21. The number of rotatable bonds is 2. The van der Waals surface area contributed by atoms with Crippen molar-refractivity contribution >= 4 is 23.0 Å². The molecule has 3 rings (SSSR count). The molecule has 4 heteroatoms. The number of hydrogen-bond acceptors (Lipinski definition) is 3. The second-order valence-electron chi connectivity index (χ2n) is 5.52. The van der Waals surface area contributed by atoms with Crippen LogP contribution in [0.2, 0.25) is 0 Å². The van der Waals surface area contributed by atoms with Gasteiger partial charge in [-0.25, -0.2) is 0 Å². The second kappa shape index (κ2) is 4.90. The molecule has 108 valence electrons. The van der Waals surface area contributed by atoms with Crippen molar-refractivity contribution in [3.63, 3.8) is 0 Å². The van der Waals surface area contributed by atoms with Crippen LogP contribution in [0.15, 0.2) is 42.5 Å². The Hall–Kier alpha value is -2.33. The van der Waals surface area contributed by atoms with E-state index in [1.54, 1.807) is 11.9 Å². The summed E-state index contributed by atoms with van der Waals surface area (Å²) in [5, 5.41) is 0. The third-order valence-electron chi connectivity index (χ3n) is 4.08.